The van der Waals surface area contributed by atoms with Gasteiger partial charge in [-0.25, -0.2) is 4.39 Å². The quantitative estimate of drug-likeness (QED) is 0.855. The predicted molar refractivity (Wildman–Crippen MR) is 72.7 cm³/mol. The maximum Gasteiger partial charge on any atom is 0.237 e. The molecule has 0 bridgehead atoms. The van der Waals surface area contributed by atoms with E-state index >= 15 is 0 Å². The fourth-order valence-corrected chi connectivity index (χ4v) is 2.49. The second-order valence-electron chi connectivity index (χ2n) is 5.55. The first-order valence-corrected chi connectivity index (χ1v) is 6.27. The molecule has 1 N–H and O–H groups in total. The number of carbonyl (C=O) groups excluding carboxylic acids is 1. The van der Waals surface area contributed by atoms with Gasteiger partial charge in [-0.1, -0.05) is 0 Å². The van der Waals surface area contributed by atoms with E-state index in [2.05, 4.69) is 5.48 Å². The van der Waals surface area contributed by atoms with E-state index in [-0.39, 0.29) is 17.6 Å². The summed E-state index contributed by atoms with van der Waals surface area (Å²) in [6.45, 7) is 7.54. The van der Waals surface area contributed by atoms with Gasteiger partial charge in [-0.2, -0.15) is 0 Å². The normalized spacial score (nSPS) is 17.0. The molecule has 5 heteroatoms. The summed E-state index contributed by atoms with van der Waals surface area (Å²) >= 11 is 0. The monoisotopic (exact) mass is 266 g/mol. The van der Waals surface area contributed by atoms with Crippen LogP contribution in [0.3, 0.4) is 0 Å². The van der Waals surface area contributed by atoms with E-state index in [1.54, 1.807) is 11.0 Å². The topological polar surface area (TPSA) is 41.6 Å². The number of halogens is 1. The number of benzene rings is 1. The fraction of sp³-hybridized carbons (Fsp3) is 0.500. The molecule has 1 amide bonds. The van der Waals surface area contributed by atoms with Gasteiger partial charge in [0, 0.05) is 12.1 Å². The Morgan fingerprint density at radius 1 is 1.37 bits per heavy atom. The number of amides is 1. The average Bonchev–Trinajstić information content (AvgIpc) is 2.49. The van der Waals surface area contributed by atoms with Crippen LogP contribution in [0.4, 0.5) is 15.8 Å². The van der Waals surface area contributed by atoms with E-state index in [1.807, 2.05) is 27.7 Å². The lowest BCUT2D eigenvalue weighted by molar-refractivity contribution is -0.122. The first-order chi connectivity index (χ1) is 8.80. The molecule has 0 saturated heterocycles. The van der Waals surface area contributed by atoms with Crippen LogP contribution in [0, 0.1) is 5.82 Å². The molecule has 0 saturated carbocycles. The highest BCUT2D eigenvalue weighted by molar-refractivity contribution is 6.08. The third kappa shape index (κ3) is 1.98. The van der Waals surface area contributed by atoms with Crippen LogP contribution in [0.25, 0.3) is 0 Å². The number of hydrogen-bond acceptors (Lipinski definition) is 3. The number of fused-ring (bicyclic) bond motifs is 1. The molecule has 0 spiro atoms. The second kappa shape index (κ2) is 4.49. The van der Waals surface area contributed by atoms with Crippen molar-refractivity contribution in [3.63, 3.8) is 0 Å². The molecule has 0 unspecified atom stereocenters. The zero-order valence-corrected chi connectivity index (χ0v) is 11.9. The molecule has 1 heterocycles. The van der Waals surface area contributed by atoms with Gasteiger partial charge in [0.2, 0.25) is 5.91 Å². The van der Waals surface area contributed by atoms with Gasteiger partial charge in [-0.05, 0) is 39.3 Å². The van der Waals surface area contributed by atoms with E-state index in [4.69, 9.17) is 4.84 Å². The van der Waals surface area contributed by atoms with Crippen LogP contribution in [0.15, 0.2) is 12.1 Å². The lowest BCUT2D eigenvalue weighted by atomic mass is 9.86. The highest BCUT2D eigenvalue weighted by atomic mass is 19.1. The molecule has 104 valence electrons. The molecule has 0 aliphatic carbocycles. The van der Waals surface area contributed by atoms with Crippen LogP contribution in [-0.2, 0) is 15.0 Å². The van der Waals surface area contributed by atoms with Gasteiger partial charge in [0.25, 0.3) is 0 Å². The molecule has 1 aliphatic heterocycles. The molecular formula is C14H19FN2O2. The van der Waals surface area contributed by atoms with Crippen LogP contribution >= 0.6 is 0 Å². The fourth-order valence-electron chi connectivity index (χ4n) is 2.49. The van der Waals surface area contributed by atoms with Crippen LogP contribution in [0.5, 0.6) is 0 Å². The minimum Gasteiger partial charge on any atom is -0.309 e. The SMILES string of the molecule is CONc1cc2c(cc1F)N(C(C)C)C(=O)C2(C)C. The van der Waals surface area contributed by atoms with Crippen molar-refractivity contribution >= 4 is 17.3 Å². The number of rotatable bonds is 3. The van der Waals surface area contributed by atoms with Crippen molar-refractivity contribution < 1.29 is 14.0 Å². The first kappa shape index (κ1) is 13.8. The van der Waals surface area contributed by atoms with Gasteiger partial charge in [0.15, 0.2) is 5.82 Å². The third-order valence-corrected chi connectivity index (χ3v) is 3.50. The number of carbonyl (C=O) groups is 1. The maximum atomic E-state index is 14.0. The van der Waals surface area contributed by atoms with Crippen LogP contribution < -0.4 is 10.4 Å². The van der Waals surface area contributed by atoms with Gasteiger partial charge in [0.05, 0.1) is 23.9 Å². The molecule has 0 fully saturated rings. The molecule has 0 aromatic heterocycles. The lowest BCUT2D eigenvalue weighted by Gasteiger charge is -2.24. The molecule has 0 radical (unpaired) electrons. The van der Waals surface area contributed by atoms with Crippen molar-refractivity contribution in [1.29, 1.82) is 0 Å². The van der Waals surface area contributed by atoms with Crippen LogP contribution in [0.2, 0.25) is 0 Å². The molecule has 1 aromatic rings. The molecule has 19 heavy (non-hydrogen) atoms. The Labute approximate surface area is 112 Å². The zero-order chi connectivity index (χ0) is 14.4. The van der Waals surface area contributed by atoms with E-state index in [0.717, 1.165) is 5.56 Å². The molecule has 0 atom stereocenters. The summed E-state index contributed by atoms with van der Waals surface area (Å²) in [5.74, 6) is -0.441. The maximum absolute atomic E-state index is 14.0. The number of nitrogens with one attached hydrogen (secondary N) is 1. The largest absolute Gasteiger partial charge is 0.309 e. The van der Waals surface area contributed by atoms with E-state index in [0.29, 0.717) is 5.69 Å². The van der Waals surface area contributed by atoms with Crippen molar-refractivity contribution in [2.45, 2.75) is 39.2 Å². The van der Waals surface area contributed by atoms with E-state index in [1.165, 1.54) is 13.2 Å². The van der Waals surface area contributed by atoms with Crippen LogP contribution in [-0.4, -0.2) is 19.1 Å². The Morgan fingerprint density at radius 3 is 2.53 bits per heavy atom. The molecule has 4 nitrogen and oxygen atoms in total. The second-order valence-corrected chi connectivity index (χ2v) is 5.55. The summed E-state index contributed by atoms with van der Waals surface area (Å²) in [4.78, 5) is 18.9. The van der Waals surface area contributed by atoms with Gasteiger partial charge in [-0.3, -0.25) is 15.1 Å². The van der Waals surface area contributed by atoms with E-state index < -0.39 is 11.2 Å². The summed E-state index contributed by atoms with van der Waals surface area (Å²) in [5, 5.41) is 0. The third-order valence-electron chi connectivity index (χ3n) is 3.50. The summed E-state index contributed by atoms with van der Waals surface area (Å²) in [7, 11) is 1.42. The molecule has 1 aromatic carbocycles. The Kier molecular flexibility index (Phi) is 3.26. The predicted octanol–water partition coefficient (Wildman–Crippen LogP) is 2.83. The average molecular weight is 266 g/mol. The van der Waals surface area contributed by atoms with Gasteiger partial charge >= 0.3 is 0 Å². The van der Waals surface area contributed by atoms with Crippen molar-refractivity contribution in [3.05, 3.63) is 23.5 Å². The van der Waals surface area contributed by atoms with Crippen molar-refractivity contribution in [2.24, 2.45) is 0 Å². The smallest absolute Gasteiger partial charge is 0.237 e. The Bertz CT molecular complexity index is 526. The van der Waals surface area contributed by atoms with E-state index in [9.17, 15) is 9.18 Å². The zero-order valence-electron chi connectivity index (χ0n) is 11.9. The van der Waals surface area contributed by atoms with Crippen molar-refractivity contribution in [3.8, 4) is 0 Å². The van der Waals surface area contributed by atoms with Crippen molar-refractivity contribution in [2.75, 3.05) is 17.5 Å². The lowest BCUT2D eigenvalue weighted by Crippen LogP contribution is -2.40. The van der Waals surface area contributed by atoms with Gasteiger partial charge in [0.1, 0.15) is 0 Å². The van der Waals surface area contributed by atoms with Crippen LogP contribution in [0.1, 0.15) is 33.3 Å². The summed E-state index contributed by atoms with van der Waals surface area (Å²) in [6, 6.07) is 3.03. The molecule has 2 rings (SSSR count). The van der Waals surface area contributed by atoms with Crippen molar-refractivity contribution in [1.82, 2.24) is 0 Å². The minimum absolute atomic E-state index is 0.00587. The highest BCUT2D eigenvalue weighted by Crippen LogP contribution is 2.44. The summed E-state index contributed by atoms with van der Waals surface area (Å²) in [6.07, 6.45) is 0. The summed E-state index contributed by atoms with van der Waals surface area (Å²) < 4.78 is 14.0. The van der Waals surface area contributed by atoms with Gasteiger partial charge in [-0.15, -0.1) is 0 Å². The highest BCUT2D eigenvalue weighted by Gasteiger charge is 2.45. The Hall–Kier alpha value is -1.62. The Morgan fingerprint density at radius 2 is 2.00 bits per heavy atom. The molecular weight excluding hydrogens is 247 g/mol. The Balaban J connectivity index is 2.62. The first-order valence-electron chi connectivity index (χ1n) is 6.27. The van der Waals surface area contributed by atoms with Gasteiger partial charge < -0.3 is 4.90 Å². The standard InChI is InChI=1S/C14H19FN2O2/c1-8(2)17-12-7-10(15)11(16-19-5)6-9(12)14(3,4)13(17)18/h6-8,16H,1-5H3. The number of anilines is 2. The number of nitrogens with zero attached hydrogens (tertiary/aromatic N) is 1. The number of hydrogen-bond donors (Lipinski definition) is 1. The molecule has 1 aliphatic rings. The minimum atomic E-state index is -0.655. The summed E-state index contributed by atoms with van der Waals surface area (Å²) in [5.41, 5.74) is 3.54.